The summed E-state index contributed by atoms with van der Waals surface area (Å²) in [4.78, 5) is 10.2. The molecule has 2 fully saturated rings. The zero-order valence-electron chi connectivity index (χ0n) is 19.3. The molecule has 10 atom stereocenters. The topological polar surface area (TPSA) is 183 Å². The van der Waals surface area contributed by atoms with Crippen molar-refractivity contribution in [1.82, 2.24) is 0 Å². The molecule has 3 rings (SSSR count). The van der Waals surface area contributed by atoms with Gasteiger partial charge in [0.05, 0.1) is 54.4 Å². The SMILES string of the molecule is C#C[C@@H]1O[C@H](CO)[C@@H](C#CC#C[C@@H]2O[C@H](CO)[C@@H](C#Cc3ccc([N+](=O)[O-])cc3)[C@H](O)[C@H]2O)[C@H](O)[C@H]1O. The molecule has 2 saturated heterocycles. The van der Waals surface area contributed by atoms with Crippen molar-refractivity contribution in [3.05, 3.63) is 39.9 Å². The van der Waals surface area contributed by atoms with Gasteiger partial charge in [-0.25, -0.2) is 0 Å². The Bertz CT molecular complexity index is 1190. The highest BCUT2D eigenvalue weighted by molar-refractivity contribution is 5.41. The van der Waals surface area contributed by atoms with E-state index >= 15 is 0 Å². The van der Waals surface area contributed by atoms with Crippen LogP contribution in [0.15, 0.2) is 24.3 Å². The van der Waals surface area contributed by atoms with E-state index in [0.717, 1.165) is 0 Å². The number of non-ortho nitro benzene ring substituents is 1. The minimum Gasteiger partial charge on any atom is -0.394 e. The number of terminal acetylenes is 1. The predicted octanol–water partition coefficient (Wildman–Crippen LogP) is -2.22. The zero-order valence-corrected chi connectivity index (χ0v) is 19.3. The number of aliphatic hydroxyl groups is 6. The molecular weight excluding hydrogens is 486 g/mol. The number of rotatable bonds is 3. The van der Waals surface area contributed by atoms with Crippen molar-refractivity contribution in [3.8, 4) is 47.9 Å². The van der Waals surface area contributed by atoms with Crippen LogP contribution in [0.1, 0.15) is 5.56 Å². The van der Waals surface area contributed by atoms with Gasteiger partial charge in [0.15, 0.2) is 0 Å². The van der Waals surface area contributed by atoms with E-state index in [1.54, 1.807) is 0 Å². The van der Waals surface area contributed by atoms with Crippen LogP contribution in [-0.4, -0.2) is 97.6 Å². The van der Waals surface area contributed by atoms with Crippen molar-refractivity contribution in [1.29, 1.82) is 0 Å². The van der Waals surface area contributed by atoms with Crippen LogP contribution in [0.3, 0.4) is 0 Å². The monoisotopic (exact) mass is 511 g/mol. The largest absolute Gasteiger partial charge is 0.394 e. The summed E-state index contributed by atoms with van der Waals surface area (Å²) < 4.78 is 11.0. The molecule has 0 unspecified atom stereocenters. The highest BCUT2D eigenvalue weighted by Gasteiger charge is 2.44. The quantitative estimate of drug-likeness (QED) is 0.148. The maximum Gasteiger partial charge on any atom is 0.269 e. The number of benzene rings is 1. The first-order valence-corrected chi connectivity index (χ1v) is 11.2. The molecular formula is C26H25NO10. The number of aliphatic hydroxyl groups excluding tert-OH is 6. The van der Waals surface area contributed by atoms with Crippen molar-refractivity contribution in [3.63, 3.8) is 0 Å². The lowest BCUT2D eigenvalue weighted by Gasteiger charge is -2.38. The Morgan fingerprint density at radius 3 is 1.86 bits per heavy atom. The molecule has 11 nitrogen and oxygen atoms in total. The Kier molecular flexibility index (Phi) is 9.63. The molecule has 0 aliphatic carbocycles. The van der Waals surface area contributed by atoms with Crippen LogP contribution < -0.4 is 0 Å². The number of nitrogens with zero attached hydrogens (tertiary/aromatic N) is 1. The predicted molar refractivity (Wildman–Crippen MR) is 127 cm³/mol. The Hall–Kier alpha value is -3.46. The summed E-state index contributed by atoms with van der Waals surface area (Å²) in [6, 6.07) is 5.41. The van der Waals surface area contributed by atoms with Gasteiger partial charge in [-0.15, -0.1) is 6.42 Å². The van der Waals surface area contributed by atoms with E-state index < -0.39 is 78.8 Å². The van der Waals surface area contributed by atoms with Crippen LogP contribution in [-0.2, 0) is 9.47 Å². The van der Waals surface area contributed by atoms with Crippen molar-refractivity contribution in [2.45, 2.75) is 48.8 Å². The molecule has 1 aromatic carbocycles. The van der Waals surface area contributed by atoms with E-state index in [2.05, 4.69) is 41.4 Å². The maximum absolute atomic E-state index is 10.8. The molecule has 1 aromatic rings. The molecule has 2 aliphatic rings. The van der Waals surface area contributed by atoms with Gasteiger partial charge in [0.2, 0.25) is 0 Å². The molecule has 0 saturated carbocycles. The van der Waals surface area contributed by atoms with Crippen LogP contribution in [0.25, 0.3) is 0 Å². The second kappa shape index (κ2) is 12.7. The van der Waals surface area contributed by atoms with Gasteiger partial charge < -0.3 is 40.1 Å². The van der Waals surface area contributed by atoms with Crippen molar-refractivity contribution >= 4 is 5.69 Å². The Labute approximate surface area is 212 Å². The van der Waals surface area contributed by atoms with Crippen LogP contribution in [0.2, 0.25) is 0 Å². The first-order chi connectivity index (χ1) is 17.7. The highest BCUT2D eigenvalue weighted by Crippen LogP contribution is 2.27. The molecule has 0 amide bonds. The number of hydrogen-bond acceptors (Lipinski definition) is 10. The van der Waals surface area contributed by atoms with E-state index in [1.807, 2.05) is 0 Å². The van der Waals surface area contributed by atoms with Crippen LogP contribution in [0.5, 0.6) is 0 Å². The summed E-state index contributed by atoms with van der Waals surface area (Å²) in [6.07, 6.45) is -4.78. The summed E-state index contributed by atoms with van der Waals surface area (Å²) in [5.41, 5.74) is 0.319. The van der Waals surface area contributed by atoms with E-state index in [4.69, 9.17) is 15.9 Å². The Morgan fingerprint density at radius 2 is 1.32 bits per heavy atom. The summed E-state index contributed by atoms with van der Waals surface area (Å²) in [5.74, 6) is 15.7. The highest BCUT2D eigenvalue weighted by atomic mass is 16.6. The van der Waals surface area contributed by atoms with Crippen LogP contribution in [0.4, 0.5) is 5.69 Å². The van der Waals surface area contributed by atoms with Gasteiger partial charge in [0.1, 0.15) is 24.4 Å². The molecule has 6 N–H and O–H groups in total. The number of nitro groups is 1. The zero-order chi connectivity index (χ0) is 27.1. The average molecular weight is 511 g/mol. The number of hydrogen-bond donors (Lipinski definition) is 6. The minimum atomic E-state index is -1.50. The fraction of sp³-hybridized carbons (Fsp3) is 0.462. The van der Waals surface area contributed by atoms with Gasteiger partial charge in [0.25, 0.3) is 5.69 Å². The lowest BCUT2D eigenvalue weighted by atomic mass is 9.87. The minimum absolute atomic E-state index is 0.106. The standard InChI is InChI=1S/C26H25NO10/c1-2-19-25(32)23(30)17(21(13-28)36-19)5-3-4-6-20-26(33)24(31)18(22(14-29)37-20)12-9-15-7-10-16(11-8-15)27(34)35/h1,7-8,10-11,17-26,28-33H,13-14H2/t17-,18-,19+,20+,21-,22-,23+,24+,25+,26+/m1/s1. The molecule has 2 aliphatic heterocycles. The van der Waals surface area contributed by atoms with Crippen molar-refractivity contribution in [2.24, 2.45) is 11.8 Å². The number of ether oxygens (including phenoxy) is 2. The Balaban J connectivity index is 1.71. The first kappa shape index (κ1) is 28.1. The summed E-state index contributed by atoms with van der Waals surface area (Å²) in [5, 5.41) is 71.4. The van der Waals surface area contributed by atoms with E-state index in [-0.39, 0.29) is 5.69 Å². The third kappa shape index (κ3) is 6.46. The second-order valence-corrected chi connectivity index (χ2v) is 8.35. The normalized spacial score (nSPS) is 34.8. The lowest BCUT2D eigenvalue weighted by molar-refractivity contribution is -0.384. The Morgan fingerprint density at radius 1 is 0.811 bits per heavy atom. The van der Waals surface area contributed by atoms with E-state index in [0.29, 0.717) is 5.56 Å². The average Bonchev–Trinajstić information content (AvgIpc) is 2.90. The molecule has 0 aromatic heterocycles. The molecule has 0 bridgehead atoms. The summed E-state index contributed by atoms with van der Waals surface area (Å²) in [6.45, 7) is -1.04. The fourth-order valence-corrected chi connectivity index (χ4v) is 3.92. The van der Waals surface area contributed by atoms with Crippen LogP contribution in [0, 0.1) is 69.8 Å². The lowest BCUT2D eigenvalue weighted by Crippen LogP contribution is -2.54. The molecule has 194 valence electrons. The number of nitro benzene ring substituents is 1. The van der Waals surface area contributed by atoms with Crippen molar-refractivity contribution in [2.75, 3.05) is 13.2 Å². The van der Waals surface area contributed by atoms with Gasteiger partial charge in [-0.2, -0.15) is 0 Å². The van der Waals surface area contributed by atoms with Gasteiger partial charge in [-0.1, -0.05) is 29.6 Å². The third-order valence-corrected chi connectivity index (χ3v) is 6.00. The van der Waals surface area contributed by atoms with Crippen LogP contribution >= 0.6 is 0 Å². The molecule has 0 spiro atoms. The summed E-state index contributed by atoms with van der Waals surface area (Å²) in [7, 11) is 0. The molecule has 11 heteroatoms. The van der Waals surface area contributed by atoms with Gasteiger partial charge in [0, 0.05) is 17.7 Å². The van der Waals surface area contributed by atoms with Gasteiger partial charge in [-0.3, -0.25) is 10.1 Å². The summed E-state index contributed by atoms with van der Waals surface area (Å²) >= 11 is 0. The fourth-order valence-electron chi connectivity index (χ4n) is 3.92. The van der Waals surface area contributed by atoms with Gasteiger partial charge in [-0.05, 0) is 24.0 Å². The van der Waals surface area contributed by atoms with E-state index in [9.17, 15) is 40.8 Å². The third-order valence-electron chi connectivity index (χ3n) is 6.00. The first-order valence-electron chi connectivity index (χ1n) is 11.2. The molecule has 2 heterocycles. The molecule has 0 radical (unpaired) electrons. The van der Waals surface area contributed by atoms with Gasteiger partial charge >= 0.3 is 0 Å². The van der Waals surface area contributed by atoms with Crippen molar-refractivity contribution < 1.29 is 45.0 Å². The second-order valence-electron chi connectivity index (χ2n) is 8.35. The molecule has 37 heavy (non-hydrogen) atoms. The van der Waals surface area contributed by atoms with E-state index in [1.165, 1.54) is 24.3 Å². The smallest absolute Gasteiger partial charge is 0.269 e. The maximum atomic E-state index is 10.8.